The summed E-state index contributed by atoms with van der Waals surface area (Å²) in [6.45, 7) is 4.62. The summed E-state index contributed by atoms with van der Waals surface area (Å²) in [5.74, 6) is 1.86. The van der Waals surface area contributed by atoms with Gasteiger partial charge in [-0.25, -0.2) is 0 Å². The maximum atomic E-state index is 9.02. The Kier molecular flexibility index (Phi) is 4.63. The van der Waals surface area contributed by atoms with Crippen molar-refractivity contribution in [3.63, 3.8) is 0 Å². The fourth-order valence-electron chi connectivity index (χ4n) is 1.88. The minimum absolute atomic E-state index is 0.245. The van der Waals surface area contributed by atoms with E-state index in [0.29, 0.717) is 11.8 Å². The lowest BCUT2D eigenvalue weighted by atomic mass is 9.86. The Hall–Kier alpha value is -1.02. The van der Waals surface area contributed by atoms with Crippen LogP contribution in [0.25, 0.3) is 0 Å². The third kappa shape index (κ3) is 3.24. The normalized spacial score (nSPS) is 12.9. The van der Waals surface area contributed by atoms with Crippen molar-refractivity contribution in [2.24, 2.45) is 5.92 Å². The second kappa shape index (κ2) is 5.76. The van der Waals surface area contributed by atoms with Gasteiger partial charge in [-0.3, -0.25) is 0 Å². The molecular weight excluding hydrogens is 188 g/mol. The lowest BCUT2D eigenvalue weighted by Gasteiger charge is -2.20. The topological polar surface area (TPSA) is 29.5 Å². The first-order chi connectivity index (χ1) is 7.19. The molecule has 1 aromatic rings. The standard InChI is InChI=1S/C13H20O2/c1-10(2)13(8-9-14)11-4-6-12(15-3)7-5-11/h4-7,10,13-14H,8-9H2,1-3H3. The van der Waals surface area contributed by atoms with E-state index in [2.05, 4.69) is 26.0 Å². The van der Waals surface area contributed by atoms with Crippen LogP contribution in [0.15, 0.2) is 24.3 Å². The van der Waals surface area contributed by atoms with Crippen molar-refractivity contribution in [2.45, 2.75) is 26.2 Å². The van der Waals surface area contributed by atoms with Crippen molar-refractivity contribution in [1.82, 2.24) is 0 Å². The van der Waals surface area contributed by atoms with Crippen molar-refractivity contribution in [2.75, 3.05) is 13.7 Å². The zero-order valence-corrected chi connectivity index (χ0v) is 9.73. The monoisotopic (exact) mass is 208 g/mol. The molecule has 1 N–H and O–H groups in total. The smallest absolute Gasteiger partial charge is 0.118 e. The van der Waals surface area contributed by atoms with Gasteiger partial charge in [-0.15, -0.1) is 0 Å². The SMILES string of the molecule is COc1ccc(C(CCO)C(C)C)cc1. The Morgan fingerprint density at radius 1 is 1.20 bits per heavy atom. The Labute approximate surface area is 91.9 Å². The van der Waals surface area contributed by atoms with Crippen LogP contribution in [0.4, 0.5) is 0 Å². The maximum Gasteiger partial charge on any atom is 0.118 e. The molecule has 0 saturated heterocycles. The van der Waals surface area contributed by atoms with Gasteiger partial charge >= 0.3 is 0 Å². The number of rotatable bonds is 5. The Balaban J connectivity index is 2.81. The highest BCUT2D eigenvalue weighted by Gasteiger charge is 2.14. The maximum absolute atomic E-state index is 9.02. The molecule has 0 aliphatic heterocycles. The van der Waals surface area contributed by atoms with Crippen LogP contribution >= 0.6 is 0 Å². The number of methoxy groups -OCH3 is 1. The van der Waals surface area contributed by atoms with Gasteiger partial charge in [0, 0.05) is 6.61 Å². The number of ether oxygens (including phenoxy) is 1. The van der Waals surface area contributed by atoms with Crippen LogP contribution < -0.4 is 4.74 Å². The first-order valence-electron chi connectivity index (χ1n) is 5.43. The van der Waals surface area contributed by atoms with Gasteiger partial charge in [0.1, 0.15) is 5.75 Å². The second-order valence-corrected chi connectivity index (χ2v) is 4.14. The lowest BCUT2D eigenvalue weighted by Crippen LogP contribution is -2.08. The number of hydrogen-bond donors (Lipinski definition) is 1. The second-order valence-electron chi connectivity index (χ2n) is 4.14. The third-order valence-electron chi connectivity index (χ3n) is 2.79. The minimum atomic E-state index is 0.245. The molecule has 0 saturated carbocycles. The van der Waals surface area contributed by atoms with E-state index in [1.807, 2.05) is 12.1 Å². The molecule has 0 bridgehead atoms. The quantitative estimate of drug-likeness (QED) is 0.806. The molecule has 84 valence electrons. The van der Waals surface area contributed by atoms with Gasteiger partial charge in [0.2, 0.25) is 0 Å². The van der Waals surface area contributed by atoms with E-state index < -0.39 is 0 Å². The zero-order valence-electron chi connectivity index (χ0n) is 9.73. The van der Waals surface area contributed by atoms with E-state index in [1.165, 1.54) is 5.56 Å². The van der Waals surface area contributed by atoms with E-state index in [0.717, 1.165) is 12.2 Å². The van der Waals surface area contributed by atoms with Crippen LogP contribution in [0, 0.1) is 5.92 Å². The van der Waals surface area contributed by atoms with E-state index >= 15 is 0 Å². The molecule has 0 aromatic heterocycles. The average molecular weight is 208 g/mol. The molecule has 0 radical (unpaired) electrons. The molecule has 1 aromatic carbocycles. The fourth-order valence-corrected chi connectivity index (χ4v) is 1.88. The molecule has 0 aliphatic carbocycles. The van der Waals surface area contributed by atoms with Crippen LogP contribution in [0.1, 0.15) is 31.7 Å². The molecular formula is C13H20O2. The molecule has 0 fully saturated rings. The number of aliphatic hydroxyl groups is 1. The molecule has 0 spiro atoms. The predicted molar refractivity (Wildman–Crippen MR) is 62.3 cm³/mol. The van der Waals surface area contributed by atoms with Crippen molar-refractivity contribution < 1.29 is 9.84 Å². The Bertz CT molecular complexity index is 277. The van der Waals surface area contributed by atoms with Gasteiger partial charge < -0.3 is 9.84 Å². The van der Waals surface area contributed by atoms with E-state index in [9.17, 15) is 0 Å². The molecule has 0 aliphatic rings. The van der Waals surface area contributed by atoms with Crippen LogP contribution in [0.2, 0.25) is 0 Å². The summed E-state index contributed by atoms with van der Waals surface area (Å²) in [7, 11) is 1.67. The van der Waals surface area contributed by atoms with Crippen LogP contribution in [0.5, 0.6) is 5.75 Å². The van der Waals surface area contributed by atoms with Crippen molar-refractivity contribution in [3.8, 4) is 5.75 Å². The molecule has 2 heteroatoms. The minimum Gasteiger partial charge on any atom is -0.497 e. The van der Waals surface area contributed by atoms with E-state index in [1.54, 1.807) is 7.11 Å². The van der Waals surface area contributed by atoms with Gasteiger partial charge in [-0.1, -0.05) is 26.0 Å². The summed E-state index contributed by atoms with van der Waals surface area (Å²) in [5, 5.41) is 9.02. The molecule has 1 atom stereocenters. The summed E-state index contributed by atoms with van der Waals surface area (Å²) in [5.41, 5.74) is 1.28. The summed E-state index contributed by atoms with van der Waals surface area (Å²) in [6, 6.07) is 8.11. The number of hydrogen-bond acceptors (Lipinski definition) is 2. The lowest BCUT2D eigenvalue weighted by molar-refractivity contribution is 0.261. The molecule has 0 amide bonds. The van der Waals surface area contributed by atoms with Crippen molar-refractivity contribution in [1.29, 1.82) is 0 Å². The molecule has 0 heterocycles. The van der Waals surface area contributed by atoms with Gasteiger partial charge in [0.15, 0.2) is 0 Å². The highest BCUT2D eigenvalue weighted by atomic mass is 16.5. The highest BCUT2D eigenvalue weighted by molar-refractivity contribution is 5.29. The fraction of sp³-hybridized carbons (Fsp3) is 0.538. The van der Waals surface area contributed by atoms with Gasteiger partial charge in [-0.2, -0.15) is 0 Å². The molecule has 1 unspecified atom stereocenters. The first-order valence-corrected chi connectivity index (χ1v) is 5.43. The first kappa shape index (κ1) is 12.1. The van der Waals surface area contributed by atoms with Gasteiger partial charge in [-0.05, 0) is 36.0 Å². The largest absolute Gasteiger partial charge is 0.497 e. The van der Waals surface area contributed by atoms with E-state index in [4.69, 9.17) is 9.84 Å². The van der Waals surface area contributed by atoms with Crippen LogP contribution in [-0.2, 0) is 0 Å². The zero-order chi connectivity index (χ0) is 11.3. The third-order valence-corrected chi connectivity index (χ3v) is 2.79. The number of aliphatic hydroxyl groups excluding tert-OH is 1. The van der Waals surface area contributed by atoms with Crippen molar-refractivity contribution >= 4 is 0 Å². The summed E-state index contributed by atoms with van der Waals surface area (Å²) < 4.78 is 5.12. The van der Waals surface area contributed by atoms with E-state index in [-0.39, 0.29) is 6.61 Å². The Morgan fingerprint density at radius 2 is 1.80 bits per heavy atom. The van der Waals surface area contributed by atoms with Crippen LogP contribution in [-0.4, -0.2) is 18.8 Å². The highest BCUT2D eigenvalue weighted by Crippen LogP contribution is 2.28. The Morgan fingerprint density at radius 3 is 2.20 bits per heavy atom. The van der Waals surface area contributed by atoms with Crippen LogP contribution in [0.3, 0.4) is 0 Å². The summed E-state index contributed by atoms with van der Waals surface area (Å²) in [4.78, 5) is 0. The molecule has 15 heavy (non-hydrogen) atoms. The summed E-state index contributed by atoms with van der Waals surface area (Å²) in [6.07, 6.45) is 0.823. The summed E-state index contributed by atoms with van der Waals surface area (Å²) >= 11 is 0. The number of benzene rings is 1. The van der Waals surface area contributed by atoms with Crippen molar-refractivity contribution in [3.05, 3.63) is 29.8 Å². The average Bonchev–Trinajstić information content (AvgIpc) is 2.26. The molecule has 2 nitrogen and oxygen atoms in total. The van der Waals surface area contributed by atoms with Gasteiger partial charge in [0.05, 0.1) is 7.11 Å². The predicted octanol–water partition coefficient (Wildman–Crippen LogP) is 2.82. The van der Waals surface area contributed by atoms with Gasteiger partial charge in [0.25, 0.3) is 0 Å². The molecule has 1 rings (SSSR count).